The molecule has 1 saturated carbocycles. The van der Waals surface area contributed by atoms with Crippen LogP contribution < -0.4 is 5.73 Å². The smallest absolute Gasteiger partial charge is 0.243 e. The fourth-order valence-corrected chi connectivity index (χ4v) is 2.98. The second-order valence-electron chi connectivity index (χ2n) is 6.89. The fourth-order valence-electron chi connectivity index (χ4n) is 2.98. The average Bonchev–Trinajstić information content (AvgIpc) is 2.41. The molecule has 21 heavy (non-hydrogen) atoms. The summed E-state index contributed by atoms with van der Waals surface area (Å²) in [6, 6.07) is 2.10. The maximum Gasteiger partial charge on any atom is 0.243 e. The van der Waals surface area contributed by atoms with Crippen LogP contribution in [0.15, 0.2) is 0 Å². The third-order valence-corrected chi connectivity index (χ3v) is 4.58. The summed E-state index contributed by atoms with van der Waals surface area (Å²) >= 11 is 0. The SMILES string of the molecule is CCOC1CC(N)(C(=O)N(CCC#N)CC(C)C)C1(C)C. The molecule has 0 aromatic heterocycles. The molecule has 0 aromatic carbocycles. The number of hydrogen-bond donors (Lipinski definition) is 1. The molecule has 5 nitrogen and oxygen atoms in total. The molecule has 120 valence electrons. The first-order valence-electron chi connectivity index (χ1n) is 7.77. The molecule has 0 bridgehead atoms. The number of hydrogen-bond acceptors (Lipinski definition) is 4. The molecular weight excluding hydrogens is 266 g/mol. The van der Waals surface area contributed by atoms with Gasteiger partial charge in [-0.25, -0.2) is 0 Å². The fraction of sp³-hybridized carbons (Fsp3) is 0.875. The van der Waals surface area contributed by atoms with Gasteiger partial charge in [-0.15, -0.1) is 0 Å². The first-order chi connectivity index (χ1) is 9.70. The van der Waals surface area contributed by atoms with Gasteiger partial charge in [-0.2, -0.15) is 5.26 Å². The first-order valence-corrected chi connectivity index (χ1v) is 7.77. The molecule has 1 amide bonds. The summed E-state index contributed by atoms with van der Waals surface area (Å²) in [6.45, 7) is 11.8. The second-order valence-corrected chi connectivity index (χ2v) is 6.89. The van der Waals surface area contributed by atoms with Crippen molar-refractivity contribution in [2.75, 3.05) is 19.7 Å². The van der Waals surface area contributed by atoms with E-state index in [1.54, 1.807) is 4.90 Å². The van der Waals surface area contributed by atoms with E-state index in [0.717, 1.165) is 0 Å². The van der Waals surface area contributed by atoms with E-state index in [2.05, 4.69) is 19.9 Å². The lowest BCUT2D eigenvalue weighted by atomic mass is 9.54. The molecule has 1 fully saturated rings. The van der Waals surface area contributed by atoms with Crippen LogP contribution in [0.5, 0.6) is 0 Å². The highest BCUT2D eigenvalue weighted by molar-refractivity contribution is 5.89. The molecule has 2 atom stereocenters. The number of rotatable bonds is 7. The molecule has 1 rings (SSSR count). The normalized spacial score (nSPS) is 27.0. The van der Waals surface area contributed by atoms with Gasteiger partial charge in [0.05, 0.1) is 18.6 Å². The van der Waals surface area contributed by atoms with Crippen LogP contribution in [0.2, 0.25) is 0 Å². The number of nitriles is 1. The van der Waals surface area contributed by atoms with E-state index in [1.807, 2.05) is 20.8 Å². The van der Waals surface area contributed by atoms with Gasteiger partial charge >= 0.3 is 0 Å². The highest BCUT2D eigenvalue weighted by atomic mass is 16.5. The lowest BCUT2D eigenvalue weighted by molar-refractivity contribution is -0.179. The van der Waals surface area contributed by atoms with E-state index in [1.165, 1.54) is 0 Å². The summed E-state index contributed by atoms with van der Waals surface area (Å²) in [7, 11) is 0. The Balaban J connectivity index is 2.86. The van der Waals surface area contributed by atoms with Crippen LogP contribution in [0, 0.1) is 22.7 Å². The van der Waals surface area contributed by atoms with E-state index >= 15 is 0 Å². The van der Waals surface area contributed by atoms with Crippen LogP contribution in [-0.2, 0) is 9.53 Å². The van der Waals surface area contributed by atoms with Crippen LogP contribution in [0.4, 0.5) is 0 Å². The molecule has 0 aromatic rings. The van der Waals surface area contributed by atoms with E-state index < -0.39 is 5.54 Å². The first kappa shape index (κ1) is 17.9. The van der Waals surface area contributed by atoms with Crippen LogP contribution in [0.1, 0.15) is 47.5 Å². The van der Waals surface area contributed by atoms with E-state index in [0.29, 0.717) is 38.5 Å². The molecule has 0 spiro atoms. The van der Waals surface area contributed by atoms with Crippen molar-refractivity contribution >= 4 is 5.91 Å². The van der Waals surface area contributed by atoms with Crippen molar-refractivity contribution < 1.29 is 9.53 Å². The quantitative estimate of drug-likeness (QED) is 0.778. The zero-order valence-corrected chi connectivity index (χ0v) is 14.0. The molecule has 1 aliphatic carbocycles. The predicted octanol–water partition coefficient (Wildman–Crippen LogP) is 1.92. The minimum atomic E-state index is -0.892. The van der Waals surface area contributed by atoms with E-state index in [9.17, 15) is 4.79 Å². The minimum absolute atomic E-state index is 0.0216. The van der Waals surface area contributed by atoms with Crippen molar-refractivity contribution in [1.82, 2.24) is 4.90 Å². The van der Waals surface area contributed by atoms with Crippen molar-refractivity contribution in [2.24, 2.45) is 17.1 Å². The Bertz CT molecular complexity index is 414. The molecule has 1 aliphatic rings. The summed E-state index contributed by atoms with van der Waals surface area (Å²) in [6.07, 6.45) is 0.908. The van der Waals surface area contributed by atoms with Gasteiger partial charge in [-0.1, -0.05) is 27.7 Å². The number of nitrogens with zero attached hydrogens (tertiary/aromatic N) is 2. The van der Waals surface area contributed by atoms with Gasteiger partial charge in [0, 0.05) is 31.5 Å². The van der Waals surface area contributed by atoms with Crippen LogP contribution in [0.3, 0.4) is 0 Å². The number of nitrogens with two attached hydrogens (primary N) is 1. The van der Waals surface area contributed by atoms with Gasteiger partial charge in [0.15, 0.2) is 0 Å². The van der Waals surface area contributed by atoms with E-state index in [4.69, 9.17) is 15.7 Å². The maximum atomic E-state index is 12.9. The van der Waals surface area contributed by atoms with Crippen molar-refractivity contribution in [3.63, 3.8) is 0 Å². The Labute approximate surface area is 128 Å². The zero-order valence-electron chi connectivity index (χ0n) is 14.0. The monoisotopic (exact) mass is 295 g/mol. The summed E-state index contributed by atoms with van der Waals surface area (Å²) in [5.41, 5.74) is 5.16. The zero-order chi connectivity index (χ0) is 16.3. The van der Waals surface area contributed by atoms with Crippen molar-refractivity contribution in [1.29, 1.82) is 5.26 Å². The molecule has 2 unspecified atom stereocenters. The van der Waals surface area contributed by atoms with Gasteiger partial charge in [0.25, 0.3) is 0 Å². The minimum Gasteiger partial charge on any atom is -0.378 e. The van der Waals surface area contributed by atoms with Crippen molar-refractivity contribution in [3.05, 3.63) is 0 Å². The average molecular weight is 295 g/mol. The molecule has 5 heteroatoms. The molecule has 0 saturated heterocycles. The Morgan fingerprint density at radius 2 is 2.14 bits per heavy atom. The lowest BCUT2D eigenvalue weighted by Gasteiger charge is -2.58. The maximum absolute atomic E-state index is 12.9. The Hall–Kier alpha value is -1.12. The topological polar surface area (TPSA) is 79.3 Å². The Morgan fingerprint density at radius 1 is 1.52 bits per heavy atom. The van der Waals surface area contributed by atoms with Crippen LogP contribution in [0.25, 0.3) is 0 Å². The molecular formula is C16H29N3O2. The Kier molecular flexibility index (Phi) is 5.77. The summed E-state index contributed by atoms with van der Waals surface area (Å²) in [5, 5.41) is 8.78. The second kappa shape index (κ2) is 6.76. The highest BCUT2D eigenvalue weighted by Gasteiger charge is 2.63. The Morgan fingerprint density at radius 3 is 2.57 bits per heavy atom. The van der Waals surface area contributed by atoms with Gasteiger partial charge in [-0.05, 0) is 12.8 Å². The van der Waals surface area contributed by atoms with Crippen molar-refractivity contribution in [3.8, 4) is 6.07 Å². The number of ether oxygens (including phenoxy) is 1. The summed E-state index contributed by atoms with van der Waals surface area (Å²) in [5.74, 6) is 0.300. The largest absolute Gasteiger partial charge is 0.378 e. The highest BCUT2D eigenvalue weighted by Crippen LogP contribution is 2.50. The van der Waals surface area contributed by atoms with Gasteiger partial charge < -0.3 is 15.4 Å². The third-order valence-electron chi connectivity index (χ3n) is 4.58. The molecule has 0 aliphatic heterocycles. The van der Waals surface area contributed by atoms with Gasteiger partial charge in [0.1, 0.15) is 5.54 Å². The van der Waals surface area contributed by atoms with Crippen LogP contribution in [-0.4, -0.2) is 42.1 Å². The molecule has 0 radical (unpaired) electrons. The summed E-state index contributed by atoms with van der Waals surface area (Å²) in [4.78, 5) is 14.6. The lowest BCUT2D eigenvalue weighted by Crippen LogP contribution is -2.76. The number of amides is 1. The van der Waals surface area contributed by atoms with Gasteiger partial charge in [0.2, 0.25) is 5.91 Å². The van der Waals surface area contributed by atoms with Gasteiger partial charge in [-0.3, -0.25) is 4.79 Å². The third kappa shape index (κ3) is 3.38. The molecule has 0 heterocycles. The van der Waals surface area contributed by atoms with Crippen molar-refractivity contribution in [2.45, 2.75) is 59.1 Å². The standard InChI is InChI=1S/C16H29N3O2/c1-6-21-13-10-16(18,15(13,4)5)14(20)19(9-7-8-17)11-12(2)3/h12-13H,6-7,9-11,18H2,1-5H3. The predicted molar refractivity (Wildman–Crippen MR) is 82.4 cm³/mol. The summed E-state index contributed by atoms with van der Waals surface area (Å²) < 4.78 is 5.68. The number of carbonyl (C=O) groups excluding carboxylic acids is 1. The van der Waals surface area contributed by atoms with E-state index in [-0.39, 0.29) is 17.4 Å². The van der Waals surface area contributed by atoms with Crippen LogP contribution >= 0.6 is 0 Å². The number of carbonyl (C=O) groups is 1. The molecule has 2 N–H and O–H groups in total.